The van der Waals surface area contributed by atoms with E-state index in [0.29, 0.717) is 24.3 Å². The van der Waals surface area contributed by atoms with E-state index in [1.54, 1.807) is 6.20 Å². The van der Waals surface area contributed by atoms with Gasteiger partial charge in [0.2, 0.25) is 0 Å². The first kappa shape index (κ1) is 20.7. The lowest BCUT2D eigenvalue weighted by molar-refractivity contribution is -0.385. The average Bonchev–Trinajstić information content (AvgIpc) is 2.70. The van der Waals surface area contributed by atoms with E-state index in [9.17, 15) is 10.1 Å². The van der Waals surface area contributed by atoms with E-state index in [4.69, 9.17) is 5.73 Å². The van der Waals surface area contributed by atoms with Gasteiger partial charge in [-0.25, -0.2) is 0 Å². The van der Waals surface area contributed by atoms with Gasteiger partial charge in [-0.3, -0.25) is 15.1 Å². The largest absolute Gasteiger partial charge is 0.375 e. The predicted octanol–water partition coefficient (Wildman–Crippen LogP) is 4.66. The third-order valence-electron chi connectivity index (χ3n) is 5.64. The van der Waals surface area contributed by atoms with Crippen molar-refractivity contribution in [2.24, 2.45) is 5.73 Å². The Balaban J connectivity index is 2.14. The van der Waals surface area contributed by atoms with Crippen molar-refractivity contribution in [1.82, 2.24) is 4.98 Å². The van der Waals surface area contributed by atoms with Gasteiger partial charge < -0.3 is 11.1 Å². The van der Waals surface area contributed by atoms with Gasteiger partial charge in [-0.2, -0.15) is 0 Å². The summed E-state index contributed by atoms with van der Waals surface area (Å²) in [6.45, 7) is 8.34. The molecule has 1 aromatic carbocycles. The standard InChI is InChI=1S/C23H28N4O2/c1-5-18-14-26-22(23(4)12-15(2)11-16(3)21(23)24)20(27(28)29)19(18)25-13-17-9-7-6-8-10-17/h6-12,14,21H,5,13,24H2,1-4H3,(H,25,26). The molecule has 3 N–H and O–H groups in total. The SMILES string of the molecule is CCc1cnc(C2(C)C=C(C)C=C(C)C2N)c([N+](=O)[O-])c1NCc1ccccc1. The highest BCUT2D eigenvalue weighted by Crippen LogP contribution is 2.43. The van der Waals surface area contributed by atoms with Crippen LogP contribution in [0.5, 0.6) is 0 Å². The van der Waals surface area contributed by atoms with Crippen molar-refractivity contribution in [3.8, 4) is 0 Å². The van der Waals surface area contributed by atoms with Crippen LogP contribution in [0.4, 0.5) is 11.4 Å². The Kier molecular flexibility index (Phi) is 5.84. The van der Waals surface area contributed by atoms with E-state index in [1.165, 1.54) is 0 Å². The van der Waals surface area contributed by atoms with Crippen LogP contribution < -0.4 is 11.1 Å². The molecule has 0 radical (unpaired) electrons. The first-order chi connectivity index (χ1) is 13.8. The molecule has 0 saturated carbocycles. The summed E-state index contributed by atoms with van der Waals surface area (Å²) in [4.78, 5) is 16.5. The number of nitro groups is 1. The number of hydrogen-bond donors (Lipinski definition) is 2. The Bertz CT molecular complexity index is 982. The predicted molar refractivity (Wildman–Crippen MR) is 117 cm³/mol. The molecule has 2 unspecified atom stereocenters. The van der Waals surface area contributed by atoms with Crippen molar-refractivity contribution in [1.29, 1.82) is 0 Å². The van der Waals surface area contributed by atoms with E-state index in [2.05, 4.69) is 10.3 Å². The zero-order valence-electron chi connectivity index (χ0n) is 17.4. The summed E-state index contributed by atoms with van der Waals surface area (Å²) in [6.07, 6.45) is 6.39. The molecule has 0 spiro atoms. The molecule has 6 heteroatoms. The lowest BCUT2D eigenvalue weighted by Gasteiger charge is -2.36. The van der Waals surface area contributed by atoms with Crippen LogP contribution >= 0.6 is 0 Å². The minimum atomic E-state index is -0.763. The van der Waals surface area contributed by atoms with Gasteiger partial charge in [0.25, 0.3) is 0 Å². The maximum Gasteiger partial charge on any atom is 0.314 e. The summed E-state index contributed by atoms with van der Waals surface area (Å²) in [7, 11) is 0. The Morgan fingerprint density at radius 2 is 1.97 bits per heavy atom. The molecule has 1 aliphatic rings. The first-order valence-corrected chi connectivity index (χ1v) is 9.85. The van der Waals surface area contributed by atoms with Gasteiger partial charge in [-0.05, 0) is 32.8 Å². The molecule has 3 rings (SSSR count). The third-order valence-corrected chi connectivity index (χ3v) is 5.64. The lowest BCUT2D eigenvalue weighted by atomic mass is 9.71. The molecule has 1 aromatic heterocycles. The van der Waals surface area contributed by atoms with Crippen LogP contribution in [0.3, 0.4) is 0 Å². The Morgan fingerprint density at radius 1 is 1.28 bits per heavy atom. The van der Waals surface area contributed by atoms with Gasteiger partial charge in [0.05, 0.1) is 10.3 Å². The van der Waals surface area contributed by atoms with E-state index < -0.39 is 5.41 Å². The van der Waals surface area contributed by atoms with Gasteiger partial charge in [-0.15, -0.1) is 0 Å². The number of anilines is 1. The molecule has 0 aliphatic heterocycles. The molecule has 152 valence electrons. The van der Waals surface area contributed by atoms with Crippen LogP contribution in [0.25, 0.3) is 0 Å². The highest BCUT2D eigenvalue weighted by atomic mass is 16.6. The van der Waals surface area contributed by atoms with Crippen molar-refractivity contribution in [2.75, 3.05) is 5.32 Å². The van der Waals surface area contributed by atoms with Crippen LogP contribution in [-0.2, 0) is 18.4 Å². The van der Waals surface area contributed by atoms with E-state index >= 15 is 0 Å². The molecule has 2 atom stereocenters. The number of allylic oxidation sites excluding steroid dienone is 2. The van der Waals surface area contributed by atoms with Crippen molar-refractivity contribution in [3.63, 3.8) is 0 Å². The summed E-state index contributed by atoms with van der Waals surface area (Å²) in [6, 6.07) is 9.45. The topological polar surface area (TPSA) is 94.1 Å². The number of nitrogens with two attached hydrogens (primary N) is 1. The lowest BCUT2D eigenvalue weighted by Crippen LogP contribution is -2.45. The Morgan fingerprint density at radius 3 is 2.59 bits per heavy atom. The number of pyridine rings is 1. The summed E-state index contributed by atoms with van der Waals surface area (Å²) in [5.74, 6) is 0. The minimum absolute atomic E-state index is 0.0111. The smallest absolute Gasteiger partial charge is 0.314 e. The van der Waals surface area contributed by atoms with Gasteiger partial charge in [-0.1, -0.05) is 60.6 Å². The van der Waals surface area contributed by atoms with Crippen LogP contribution in [-0.4, -0.2) is 15.9 Å². The Hall–Kier alpha value is -2.99. The third kappa shape index (κ3) is 3.93. The second kappa shape index (κ2) is 8.17. The van der Waals surface area contributed by atoms with Gasteiger partial charge in [0.1, 0.15) is 11.4 Å². The second-order valence-corrected chi connectivity index (χ2v) is 7.84. The van der Waals surface area contributed by atoms with Crippen LogP contribution in [0.15, 0.2) is 59.8 Å². The van der Waals surface area contributed by atoms with Gasteiger partial charge >= 0.3 is 5.69 Å². The normalized spacial score (nSPS) is 21.3. The number of rotatable bonds is 6. The number of hydrogen-bond acceptors (Lipinski definition) is 5. The maximum atomic E-state index is 12.2. The van der Waals surface area contributed by atoms with E-state index in [-0.39, 0.29) is 16.7 Å². The van der Waals surface area contributed by atoms with Crippen LogP contribution in [0.2, 0.25) is 0 Å². The number of benzene rings is 1. The molecule has 1 heterocycles. The fraction of sp³-hybridized carbons (Fsp3) is 0.348. The molecule has 1 aliphatic carbocycles. The summed E-state index contributed by atoms with van der Waals surface area (Å²) < 4.78 is 0. The van der Waals surface area contributed by atoms with Crippen LogP contribution in [0, 0.1) is 10.1 Å². The van der Waals surface area contributed by atoms with Crippen molar-refractivity contribution in [3.05, 3.63) is 86.8 Å². The van der Waals surface area contributed by atoms with Gasteiger partial charge in [0.15, 0.2) is 0 Å². The number of nitrogens with one attached hydrogen (secondary N) is 1. The van der Waals surface area contributed by atoms with E-state index in [0.717, 1.165) is 22.3 Å². The second-order valence-electron chi connectivity index (χ2n) is 7.84. The molecule has 0 saturated heterocycles. The van der Waals surface area contributed by atoms with E-state index in [1.807, 2.05) is 70.2 Å². The quantitative estimate of drug-likeness (QED) is 0.551. The molecule has 0 fully saturated rings. The van der Waals surface area contributed by atoms with Crippen molar-refractivity contribution < 1.29 is 4.92 Å². The monoisotopic (exact) mass is 392 g/mol. The van der Waals surface area contributed by atoms with Crippen molar-refractivity contribution >= 4 is 11.4 Å². The molecule has 0 bridgehead atoms. The summed E-state index contributed by atoms with van der Waals surface area (Å²) in [5, 5.41) is 15.5. The molecule has 0 amide bonds. The highest BCUT2D eigenvalue weighted by Gasteiger charge is 2.42. The molecule has 29 heavy (non-hydrogen) atoms. The van der Waals surface area contributed by atoms with Gasteiger partial charge in [0, 0.05) is 24.3 Å². The van der Waals surface area contributed by atoms with Crippen LogP contribution in [0.1, 0.15) is 44.5 Å². The average molecular weight is 393 g/mol. The zero-order valence-corrected chi connectivity index (χ0v) is 17.4. The molecule has 6 nitrogen and oxygen atoms in total. The number of aryl methyl sites for hydroxylation is 1. The minimum Gasteiger partial charge on any atom is -0.375 e. The maximum absolute atomic E-state index is 12.2. The van der Waals surface area contributed by atoms with Crippen molar-refractivity contribution in [2.45, 2.75) is 52.1 Å². The Labute approximate surface area is 171 Å². The summed E-state index contributed by atoms with van der Waals surface area (Å²) in [5.41, 5.74) is 10.6. The first-order valence-electron chi connectivity index (χ1n) is 9.85. The molecular weight excluding hydrogens is 364 g/mol. The molecule has 2 aromatic rings. The summed E-state index contributed by atoms with van der Waals surface area (Å²) >= 11 is 0. The highest BCUT2D eigenvalue weighted by molar-refractivity contribution is 5.70. The number of nitrogens with zero attached hydrogens (tertiary/aromatic N) is 2. The molecular formula is C23H28N4O2. The number of aromatic nitrogens is 1. The fourth-order valence-corrected chi connectivity index (χ4v) is 4.10. The fourth-order valence-electron chi connectivity index (χ4n) is 4.10. The zero-order chi connectivity index (χ0) is 21.2.